The molecule has 35 heavy (non-hydrogen) atoms. The Balaban J connectivity index is 1.29. The van der Waals surface area contributed by atoms with Crippen LogP contribution in [0.15, 0.2) is 53.4 Å². The average Bonchev–Trinajstić information content (AvgIpc) is 2.98. The number of hydrogen-bond acceptors (Lipinski definition) is 5. The Labute approximate surface area is 211 Å². The van der Waals surface area contributed by atoms with E-state index in [1.807, 2.05) is 12.1 Å². The molecule has 1 saturated heterocycles. The molecule has 2 aromatic rings. The van der Waals surface area contributed by atoms with Crippen molar-refractivity contribution in [2.24, 2.45) is 5.14 Å². The van der Waals surface area contributed by atoms with Gasteiger partial charge in [0.1, 0.15) is 0 Å². The van der Waals surface area contributed by atoms with Crippen LogP contribution in [-0.4, -0.2) is 58.2 Å². The van der Waals surface area contributed by atoms with Crippen LogP contribution in [0.4, 0.5) is 10.5 Å². The first kappa shape index (κ1) is 25.4. The summed E-state index contributed by atoms with van der Waals surface area (Å²) in [5, 5.41) is 11.5. The fraction of sp³-hybridized carbons (Fsp3) is 0.375. The van der Waals surface area contributed by atoms with Crippen LogP contribution in [-0.2, 0) is 24.9 Å². The predicted molar refractivity (Wildman–Crippen MR) is 133 cm³/mol. The number of anilines is 1. The summed E-state index contributed by atoms with van der Waals surface area (Å²) in [7, 11) is -3.70. The average molecular weight is 564 g/mol. The van der Waals surface area contributed by atoms with Gasteiger partial charge in [-0.15, -0.1) is 0 Å². The number of amides is 4. The quantitative estimate of drug-likeness (QED) is 0.346. The molecule has 4 amide bonds. The number of carbonyl (C=O) groups is 3. The Morgan fingerprint density at radius 3 is 2.23 bits per heavy atom. The molecule has 1 aliphatic heterocycles. The number of benzene rings is 2. The third kappa shape index (κ3) is 6.10. The Morgan fingerprint density at radius 2 is 1.63 bits per heavy atom. The molecule has 4 N–H and O–H groups in total. The molecule has 2 fully saturated rings. The third-order valence-electron chi connectivity index (χ3n) is 6.30. The molecular weight excluding hydrogens is 535 g/mol. The van der Waals surface area contributed by atoms with E-state index in [4.69, 9.17) is 5.14 Å². The van der Waals surface area contributed by atoms with Crippen LogP contribution in [0.1, 0.15) is 44.1 Å². The van der Waals surface area contributed by atoms with Gasteiger partial charge in [0.05, 0.1) is 0 Å². The summed E-state index contributed by atoms with van der Waals surface area (Å²) in [5.74, 6) is -0.720. The van der Waals surface area contributed by atoms with Crippen molar-refractivity contribution >= 4 is 53.0 Å². The van der Waals surface area contributed by atoms with Crippen LogP contribution in [0.2, 0.25) is 0 Å². The number of urea groups is 1. The molecule has 0 radical (unpaired) electrons. The topological polar surface area (TPSA) is 139 Å². The molecule has 0 bridgehead atoms. The molecule has 11 heteroatoms. The Hall–Kier alpha value is -2.72. The minimum absolute atomic E-state index is 0.0892. The molecule has 1 saturated carbocycles. The zero-order valence-corrected chi connectivity index (χ0v) is 21.7. The summed E-state index contributed by atoms with van der Waals surface area (Å²) in [5.41, 5.74) is 0.745. The van der Waals surface area contributed by atoms with E-state index < -0.39 is 27.5 Å². The zero-order chi connectivity index (χ0) is 25.1. The van der Waals surface area contributed by atoms with Crippen molar-refractivity contribution in [3.8, 4) is 0 Å². The molecule has 0 atom stereocenters. The fourth-order valence-corrected chi connectivity index (χ4v) is 6.72. The fourth-order valence-electron chi connectivity index (χ4n) is 4.41. The van der Waals surface area contributed by atoms with E-state index in [1.165, 1.54) is 12.1 Å². The van der Waals surface area contributed by atoms with Gasteiger partial charge in [-0.3, -0.25) is 0 Å². The monoisotopic (exact) mass is 564 g/mol. The molecule has 186 valence electrons. The van der Waals surface area contributed by atoms with Gasteiger partial charge in [0.2, 0.25) is 0 Å². The number of primary sulfonamides is 1. The molecule has 2 aromatic carbocycles. The van der Waals surface area contributed by atoms with Gasteiger partial charge in [-0.2, -0.15) is 0 Å². The van der Waals surface area contributed by atoms with Crippen molar-refractivity contribution in [2.45, 2.75) is 54.3 Å². The molecule has 9 nitrogen and oxygen atoms in total. The Bertz CT molecular complexity index is 1210. The Morgan fingerprint density at radius 1 is 1.00 bits per heavy atom. The van der Waals surface area contributed by atoms with Crippen LogP contribution >= 0.6 is 0 Å². The first-order chi connectivity index (χ1) is 16.7. The van der Waals surface area contributed by atoms with E-state index in [9.17, 15) is 22.8 Å². The van der Waals surface area contributed by atoms with Gasteiger partial charge in [-0.05, 0) is 0 Å². The standard InChI is InChI=1S/C24H28N4O5SSe/c25-34(32,33)19-9-5-17(6-10-19)16-35-20-11-7-18(8-12-20)26-21(29)15-28-22(30)24(27-23(28)31)13-3-1-2-4-14-24/h5-12H,1-4,13-16H2,(H,26,29)(H,27,31)(H2,25,32,33). The van der Waals surface area contributed by atoms with Crippen molar-refractivity contribution in [2.75, 3.05) is 11.9 Å². The molecular formula is C24H28N4O5SSe. The van der Waals surface area contributed by atoms with Gasteiger partial charge in [-0.25, -0.2) is 0 Å². The van der Waals surface area contributed by atoms with Gasteiger partial charge < -0.3 is 0 Å². The van der Waals surface area contributed by atoms with Gasteiger partial charge in [0.15, 0.2) is 0 Å². The van der Waals surface area contributed by atoms with Gasteiger partial charge in [0.25, 0.3) is 0 Å². The molecule has 0 unspecified atom stereocenters. The molecule has 1 aliphatic carbocycles. The molecule has 1 heterocycles. The number of rotatable bonds is 7. The first-order valence-corrected chi connectivity index (χ1v) is 15.1. The molecule has 0 aromatic heterocycles. The van der Waals surface area contributed by atoms with Crippen LogP contribution < -0.4 is 20.2 Å². The van der Waals surface area contributed by atoms with Crippen LogP contribution in [0, 0.1) is 0 Å². The van der Waals surface area contributed by atoms with E-state index in [1.54, 1.807) is 24.3 Å². The molecule has 2 aliphatic rings. The second-order valence-electron chi connectivity index (χ2n) is 8.87. The summed E-state index contributed by atoms with van der Waals surface area (Å²) in [6.45, 7) is -0.313. The number of nitrogens with two attached hydrogens (primary N) is 1. The number of sulfonamides is 1. The number of hydrogen-bond donors (Lipinski definition) is 3. The maximum absolute atomic E-state index is 13.0. The van der Waals surface area contributed by atoms with Crippen molar-refractivity contribution in [3.05, 3.63) is 54.1 Å². The number of nitrogens with one attached hydrogen (secondary N) is 2. The SMILES string of the molecule is NS(=O)(=O)c1ccc(C[Se]c2ccc(NC(=O)CN3C(=O)NC4(CCCCCC4)C3=O)cc2)cc1. The number of nitrogens with zero attached hydrogens (tertiary/aromatic N) is 1. The zero-order valence-electron chi connectivity index (χ0n) is 19.2. The second-order valence-corrected chi connectivity index (χ2v) is 12.6. The van der Waals surface area contributed by atoms with Crippen LogP contribution in [0.5, 0.6) is 0 Å². The van der Waals surface area contributed by atoms with Crippen molar-refractivity contribution in [1.29, 1.82) is 0 Å². The van der Waals surface area contributed by atoms with Crippen LogP contribution in [0.3, 0.4) is 0 Å². The van der Waals surface area contributed by atoms with Crippen molar-refractivity contribution in [3.63, 3.8) is 0 Å². The van der Waals surface area contributed by atoms with Gasteiger partial charge >= 0.3 is 199 Å². The summed E-state index contributed by atoms with van der Waals surface area (Å²) >= 11 is 0.110. The second kappa shape index (κ2) is 10.5. The van der Waals surface area contributed by atoms with Crippen molar-refractivity contribution in [1.82, 2.24) is 10.2 Å². The van der Waals surface area contributed by atoms with Crippen LogP contribution in [0.25, 0.3) is 0 Å². The normalized spacial score (nSPS) is 17.8. The summed E-state index contributed by atoms with van der Waals surface area (Å²) in [4.78, 5) is 39.1. The molecule has 1 spiro atoms. The van der Waals surface area contributed by atoms with E-state index in [-0.39, 0.29) is 32.3 Å². The predicted octanol–water partition coefficient (Wildman–Crippen LogP) is 1.45. The van der Waals surface area contributed by atoms with E-state index in [0.29, 0.717) is 18.5 Å². The summed E-state index contributed by atoms with van der Waals surface area (Å²) in [6, 6.07) is 13.4. The van der Waals surface area contributed by atoms with Crippen molar-refractivity contribution < 1.29 is 22.8 Å². The summed E-state index contributed by atoms with van der Waals surface area (Å²) < 4.78 is 23.8. The maximum atomic E-state index is 13.0. The minimum atomic E-state index is -3.70. The number of imide groups is 1. The van der Waals surface area contributed by atoms with E-state index >= 15 is 0 Å². The van der Waals surface area contributed by atoms with E-state index in [2.05, 4.69) is 10.6 Å². The Kier molecular flexibility index (Phi) is 7.61. The van der Waals surface area contributed by atoms with Gasteiger partial charge in [-0.1, -0.05) is 12.8 Å². The third-order valence-corrected chi connectivity index (χ3v) is 9.50. The summed E-state index contributed by atoms with van der Waals surface area (Å²) in [6.07, 6.45) is 5.12. The first-order valence-electron chi connectivity index (χ1n) is 11.4. The number of carbonyl (C=O) groups excluding carboxylic acids is 3. The van der Waals surface area contributed by atoms with Gasteiger partial charge in [0, 0.05) is 0 Å². The van der Waals surface area contributed by atoms with E-state index in [0.717, 1.165) is 45.9 Å². The molecule has 4 rings (SSSR count).